The van der Waals surface area contributed by atoms with Crippen LogP contribution in [0.25, 0.3) is 0 Å². The van der Waals surface area contributed by atoms with E-state index in [4.69, 9.17) is 4.98 Å². The van der Waals surface area contributed by atoms with Gasteiger partial charge in [-0.3, -0.25) is 0 Å². The van der Waals surface area contributed by atoms with Gasteiger partial charge in [0.1, 0.15) is 5.82 Å². The van der Waals surface area contributed by atoms with Gasteiger partial charge in [0.25, 0.3) is 0 Å². The molecule has 0 bridgehead atoms. The average molecular weight is 289 g/mol. The molecular weight excluding hydrogens is 258 g/mol. The van der Waals surface area contributed by atoms with Gasteiger partial charge >= 0.3 is 0 Å². The van der Waals surface area contributed by atoms with Crippen molar-refractivity contribution in [3.63, 3.8) is 0 Å². The summed E-state index contributed by atoms with van der Waals surface area (Å²) in [5.74, 6) is 3.31. The first kappa shape index (κ1) is 16.3. The molecule has 1 aliphatic rings. The lowest BCUT2D eigenvalue weighted by Gasteiger charge is -2.42. The van der Waals surface area contributed by atoms with E-state index in [9.17, 15) is 0 Å². The van der Waals surface area contributed by atoms with Crippen molar-refractivity contribution >= 4 is 5.82 Å². The Balaban J connectivity index is 2.05. The van der Waals surface area contributed by atoms with Crippen LogP contribution >= 0.6 is 0 Å². The minimum absolute atomic E-state index is 0.576. The molecule has 1 N–H and O–H groups in total. The Kier molecular flexibility index (Phi) is 5.63. The second-order valence-corrected chi connectivity index (χ2v) is 7.22. The SMILES string of the molecule is CC(C)CNCc1cccc(N2CC(C)CC(C)C2C)n1. The van der Waals surface area contributed by atoms with E-state index < -0.39 is 0 Å². The van der Waals surface area contributed by atoms with Crippen LogP contribution in [-0.2, 0) is 6.54 Å². The zero-order valence-corrected chi connectivity index (χ0v) is 14.3. The number of aromatic nitrogens is 1. The average Bonchev–Trinajstić information content (AvgIpc) is 2.43. The van der Waals surface area contributed by atoms with Crippen molar-refractivity contribution in [2.24, 2.45) is 17.8 Å². The largest absolute Gasteiger partial charge is 0.353 e. The monoisotopic (exact) mass is 289 g/mol. The number of rotatable bonds is 5. The van der Waals surface area contributed by atoms with Crippen LogP contribution in [0.15, 0.2) is 18.2 Å². The van der Waals surface area contributed by atoms with Crippen LogP contribution in [0.4, 0.5) is 5.82 Å². The predicted molar refractivity (Wildman–Crippen MR) is 90.5 cm³/mol. The zero-order chi connectivity index (χ0) is 15.4. The van der Waals surface area contributed by atoms with Gasteiger partial charge in [-0.2, -0.15) is 0 Å². The van der Waals surface area contributed by atoms with Crippen LogP contribution in [0.1, 0.15) is 46.7 Å². The standard InChI is InChI=1S/C18H31N3/c1-13(2)10-19-11-17-7-6-8-18(20-17)21-12-14(3)9-15(4)16(21)5/h6-8,13-16,19H,9-12H2,1-5H3. The van der Waals surface area contributed by atoms with Gasteiger partial charge in [0, 0.05) is 19.1 Å². The molecule has 1 aliphatic heterocycles. The third-order valence-corrected chi connectivity index (χ3v) is 4.54. The molecule has 3 unspecified atom stereocenters. The van der Waals surface area contributed by atoms with Gasteiger partial charge in [0.05, 0.1) is 5.69 Å². The Labute approximate surface area is 130 Å². The summed E-state index contributed by atoms with van der Waals surface area (Å²) >= 11 is 0. The molecule has 1 aromatic rings. The van der Waals surface area contributed by atoms with Gasteiger partial charge < -0.3 is 10.2 Å². The van der Waals surface area contributed by atoms with E-state index in [1.54, 1.807) is 0 Å². The van der Waals surface area contributed by atoms with Gasteiger partial charge in [-0.05, 0) is 49.8 Å². The molecule has 0 aromatic carbocycles. The van der Waals surface area contributed by atoms with Crippen molar-refractivity contribution in [3.05, 3.63) is 23.9 Å². The van der Waals surface area contributed by atoms with Gasteiger partial charge in [0.15, 0.2) is 0 Å². The minimum atomic E-state index is 0.576. The van der Waals surface area contributed by atoms with Crippen LogP contribution < -0.4 is 10.2 Å². The van der Waals surface area contributed by atoms with E-state index in [1.165, 1.54) is 6.42 Å². The van der Waals surface area contributed by atoms with Gasteiger partial charge in [0.2, 0.25) is 0 Å². The number of hydrogen-bond acceptors (Lipinski definition) is 3. The van der Waals surface area contributed by atoms with Crippen molar-refractivity contribution in [3.8, 4) is 0 Å². The first-order valence-electron chi connectivity index (χ1n) is 8.40. The maximum atomic E-state index is 4.88. The third-order valence-electron chi connectivity index (χ3n) is 4.54. The van der Waals surface area contributed by atoms with E-state index in [0.29, 0.717) is 12.0 Å². The summed E-state index contributed by atoms with van der Waals surface area (Å²) in [6.45, 7) is 14.5. The van der Waals surface area contributed by atoms with Crippen molar-refractivity contribution in [2.75, 3.05) is 18.0 Å². The molecule has 1 aromatic heterocycles. The molecule has 2 rings (SSSR count). The molecule has 3 atom stereocenters. The normalized spacial score (nSPS) is 26.4. The molecule has 1 fully saturated rings. The van der Waals surface area contributed by atoms with Crippen molar-refractivity contribution in [1.82, 2.24) is 10.3 Å². The molecule has 0 spiro atoms. The summed E-state index contributed by atoms with van der Waals surface area (Å²) in [5, 5.41) is 3.48. The van der Waals surface area contributed by atoms with E-state index in [2.05, 4.69) is 63.0 Å². The lowest BCUT2D eigenvalue weighted by Crippen LogP contribution is -2.46. The molecular formula is C18H31N3. The Hall–Kier alpha value is -1.09. The molecule has 0 radical (unpaired) electrons. The zero-order valence-electron chi connectivity index (χ0n) is 14.3. The summed E-state index contributed by atoms with van der Waals surface area (Å²) in [6, 6.07) is 7.00. The molecule has 3 heteroatoms. The lowest BCUT2D eigenvalue weighted by atomic mass is 9.86. The highest BCUT2D eigenvalue weighted by molar-refractivity contribution is 5.41. The number of nitrogens with one attached hydrogen (secondary N) is 1. The number of hydrogen-bond donors (Lipinski definition) is 1. The Morgan fingerprint density at radius 1 is 1.29 bits per heavy atom. The fourth-order valence-electron chi connectivity index (χ4n) is 3.23. The number of piperidine rings is 1. The van der Waals surface area contributed by atoms with Gasteiger partial charge in [-0.15, -0.1) is 0 Å². The van der Waals surface area contributed by atoms with Gasteiger partial charge in [-0.1, -0.05) is 33.8 Å². The van der Waals surface area contributed by atoms with Crippen LogP contribution in [0.5, 0.6) is 0 Å². The minimum Gasteiger partial charge on any atom is -0.353 e. The quantitative estimate of drug-likeness (QED) is 0.896. The first-order chi connectivity index (χ1) is 9.97. The Morgan fingerprint density at radius 2 is 2.05 bits per heavy atom. The first-order valence-corrected chi connectivity index (χ1v) is 8.40. The van der Waals surface area contributed by atoms with Gasteiger partial charge in [-0.25, -0.2) is 4.98 Å². The third kappa shape index (κ3) is 4.44. The summed E-state index contributed by atoms with van der Waals surface area (Å²) in [6.07, 6.45) is 1.33. The summed E-state index contributed by atoms with van der Waals surface area (Å²) in [7, 11) is 0. The number of pyridine rings is 1. The van der Waals surface area contributed by atoms with Crippen molar-refractivity contribution in [2.45, 2.75) is 53.6 Å². The molecule has 118 valence electrons. The Bertz CT molecular complexity index is 444. The van der Waals surface area contributed by atoms with E-state index in [1.807, 2.05) is 0 Å². The molecule has 21 heavy (non-hydrogen) atoms. The molecule has 1 saturated heterocycles. The lowest BCUT2D eigenvalue weighted by molar-refractivity contribution is 0.295. The molecule has 3 nitrogen and oxygen atoms in total. The van der Waals surface area contributed by atoms with E-state index >= 15 is 0 Å². The van der Waals surface area contributed by atoms with Crippen LogP contribution in [0, 0.1) is 17.8 Å². The van der Waals surface area contributed by atoms with E-state index in [0.717, 1.165) is 43.0 Å². The second-order valence-electron chi connectivity index (χ2n) is 7.22. The highest BCUT2D eigenvalue weighted by Gasteiger charge is 2.29. The summed E-state index contributed by atoms with van der Waals surface area (Å²) in [4.78, 5) is 7.37. The van der Waals surface area contributed by atoms with Crippen LogP contribution in [-0.4, -0.2) is 24.1 Å². The number of nitrogens with zero attached hydrogens (tertiary/aromatic N) is 2. The number of anilines is 1. The molecule has 0 amide bonds. The van der Waals surface area contributed by atoms with E-state index in [-0.39, 0.29) is 0 Å². The van der Waals surface area contributed by atoms with Crippen LogP contribution in [0.2, 0.25) is 0 Å². The fourth-order valence-corrected chi connectivity index (χ4v) is 3.23. The molecule has 0 aliphatic carbocycles. The topological polar surface area (TPSA) is 28.2 Å². The summed E-state index contributed by atoms with van der Waals surface area (Å²) < 4.78 is 0. The second kappa shape index (κ2) is 7.26. The van der Waals surface area contributed by atoms with Crippen molar-refractivity contribution < 1.29 is 0 Å². The Morgan fingerprint density at radius 3 is 2.76 bits per heavy atom. The highest BCUT2D eigenvalue weighted by Crippen LogP contribution is 2.30. The van der Waals surface area contributed by atoms with Crippen molar-refractivity contribution in [1.29, 1.82) is 0 Å². The smallest absolute Gasteiger partial charge is 0.129 e. The van der Waals surface area contributed by atoms with Crippen LogP contribution in [0.3, 0.4) is 0 Å². The molecule has 2 heterocycles. The predicted octanol–water partition coefficient (Wildman–Crippen LogP) is 3.70. The maximum absolute atomic E-state index is 4.88. The fraction of sp³-hybridized carbons (Fsp3) is 0.722. The maximum Gasteiger partial charge on any atom is 0.129 e. The summed E-state index contributed by atoms with van der Waals surface area (Å²) in [5.41, 5.74) is 1.14. The molecule has 0 saturated carbocycles. The highest BCUT2D eigenvalue weighted by atomic mass is 15.2.